The molecule has 0 saturated heterocycles. The number of ether oxygens (including phenoxy) is 1. The van der Waals surface area contributed by atoms with Crippen LogP contribution in [0.1, 0.15) is 16.2 Å². The number of nitrogens with one attached hydrogen (secondary N) is 1. The molecule has 0 bridgehead atoms. The van der Waals surface area contributed by atoms with Gasteiger partial charge < -0.3 is 10.1 Å². The zero-order valence-electron chi connectivity index (χ0n) is 10.9. The van der Waals surface area contributed by atoms with Crippen LogP contribution in [0.4, 0.5) is 8.78 Å². The lowest BCUT2D eigenvalue weighted by atomic mass is 10.3. The van der Waals surface area contributed by atoms with Crippen LogP contribution in [0, 0.1) is 0 Å². The van der Waals surface area contributed by atoms with Crippen molar-refractivity contribution in [3.05, 3.63) is 48.3 Å². The predicted octanol–water partition coefficient (Wildman–Crippen LogP) is 1.45. The molecule has 0 spiro atoms. The molecule has 0 aliphatic carbocycles. The van der Waals surface area contributed by atoms with E-state index < -0.39 is 18.9 Å². The van der Waals surface area contributed by atoms with Crippen molar-refractivity contribution in [2.75, 3.05) is 6.61 Å². The van der Waals surface area contributed by atoms with Crippen LogP contribution in [0.25, 0.3) is 0 Å². The summed E-state index contributed by atoms with van der Waals surface area (Å²) in [4.78, 5) is 23.5. The van der Waals surface area contributed by atoms with Crippen molar-refractivity contribution in [1.82, 2.24) is 20.3 Å². The molecule has 2 rings (SSSR count). The Morgan fingerprint density at radius 2 is 2.14 bits per heavy atom. The summed E-state index contributed by atoms with van der Waals surface area (Å²) >= 11 is 0. The number of aromatic nitrogens is 3. The first kappa shape index (κ1) is 14.8. The lowest BCUT2D eigenvalue weighted by molar-refractivity contribution is 0.0817. The zero-order chi connectivity index (χ0) is 15.1. The van der Waals surface area contributed by atoms with E-state index in [-0.39, 0.29) is 18.0 Å². The minimum absolute atomic E-state index is 0.0795. The maximum atomic E-state index is 12.1. The van der Waals surface area contributed by atoms with Crippen molar-refractivity contribution in [1.29, 1.82) is 0 Å². The Hall–Kier alpha value is -2.64. The Kier molecular flexibility index (Phi) is 5.08. The van der Waals surface area contributed by atoms with Crippen LogP contribution < -0.4 is 10.1 Å². The molecule has 0 radical (unpaired) electrons. The van der Waals surface area contributed by atoms with E-state index in [1.807, 2.05) is 0 Å². The quantitative estimate of drug-likeness (QED) is 0.872. The van der Waals surface area contributed by atoms with Gasteiger partial charge in [-0.1, -0.05) is 0 Å². The van der Waals surface area contributed by atoms with E-state index in [0.717, 1.165) is 0 Å². The highest BCUT2D eigenvalue weighted by atomic mass is 19.3. The van der Waals surface area contributed by atoms with Gasteiger partial charge in [0.1, 0.15) is 24.4 Å². The minimum atomic E-state index is -2.58. The smallest absolute Gasteiger partial charge is 0.272 e. The van der Waals surface area contributed by atoms with Crippen molar-refractivity contribution >= 4 is 5.91 Å². The van der Waals surface area contributed by atoms with Crippen molar-refractivity contribution in [2.24, 2.45) is 0 Å². The Bertz CT molecular complexity index is 596. The maximum Gasteiger partial charge on any atom is 0.272 e. The Balaban J connectivity index is 1.94. The van der Waals surface area contributed by atoms with Crippen LogP contribution in [-0.4, -0.2) is 33.9 Å². The Morgan fingerprint density at radius 1 is 1.29 bits per heavy atom. The molecule has 0 unspecified atom stereocenters. The third kappa shape index (κ3) is 4.75. The molecule has 0 aromatic carbocycles. The summed E-state index contributed by atoms with van der Waals surface area (Å²) < 4.78 is 28.9. The lowest BCUT2D eigenvalue weighted by Crippen LogP contribution is -2.24. The summed E-state index contributed by atoms with van der Waals surface area (Å²) in [7, 11) is 0. The molecular formula is C13H12F2N4O2. The highest BCUT2D eigenvalue weighted by Crippen LogP contribution is 2.12. The van der Waals surface area contributed by atoms with Gasteiger partial charge in [0, 0.05) is 18.5 Å². The summed E-state index contributed by atoms with van der Waals surface area (Å²) in [6.07, 6.45) is 1.68. The third-order valence-corrected chi connectivity index (χ3v) is 2.41. The topological polar surface area (TPSA) is 77.0 Å². The number of carbonyl (C=O) groups excluding carboxylic acids is 1. The molecule has 0 atom stereocenters. The average molecular weight is 294 g/mol. The van der Waals surface area contributed by atoms with E-state index in [0.29, 0.717) is 5.69 Å². The molecular weight excluding hydrogens is 282 g/mol. The van der Waals surface area contributed by atoms with Gasteiger partial charge in [0.2, 0.25) is 0 Å². The average Bonchev–Trinajstić information content (AvgIpc) is 2.52. The number of alkyl halides is 2. The first-order valence-electron chi connectivity index (χ1n) is 6.05. The Morgan fingerprint density at radius 3 is 2.86 bits per heavy atom. The van der Waals surface area contributed by atoms with Gasteiger partial charge in [0.25, 0.3) is 12.3 Å². The summed E-state index contributed by atoms with van der Waals surface area (Å²) in [6.45, 7) is -0.517. The zero-order valence-corrected chi connectivity index (χ0v) is 10.9. The number of nitrogens with zero attached hydrogens (tertiary/aromatic N) is 3. The molecule has 1 amide bonds. The van der Waals surface area contributed by atoms with Crippen molar-refractivity contribution < 1.29 is 18.3 Å². The van der Waals surface area contributed by atoms with Crippen LogP contribution >= 0.6 is 0 Å². The van der Waals surface area contributed by atoms with Gasteiger partial charge >= 0.3 is 0 Å². The molecule has 21 heavy (non-hydrogen) atoms. The summed E-state index contributed by atoms with van der Waals surface area (Å²) in [5.74, 6) is -0.284. The molecule has 2 aromatic rings. The standard InChI is InChI=1S/C13H12F2N4O2/c14-12(15)7-21-10-2-4-17-11(5-10)13(20)18-6-9-1-3-16-8-19-9/h1-5,8,12H,6-7H2,(H,18,20). The van der Waals surface area contributed by atoms with E-state index in [2.05, 4.69) is 20.3 Å². The largest absolute Gasteiger partial charge is 0.488 e. The second-order valence-corrected chi connectivity index (χ2v) is 3.96. The number of pyridine rings is 1. The second kappa shape index (κ2) is 7.22. The van der Waals surface area contributed by atoms with Crippen molar-refractivity contribution in [3.8, 4) is 5.75 Å². The van der Waals surface area contributed by atoms with Gasteiger partial charge in [-0.25, -0.2) is 18.7 Å². The van der Waals surface area contributed by atoms with Gasteiger partial charge in [-0.05, 0) is 12.1 Å². The summed E-state index contributed by atoms with van der Waals surface area (Å²) in [5.41, 5.74) is 0.722. The molecule has 2 aromatic heterocycles. The number of rotatable bonds is 6. The van der Waals surface area contributed by atoms with Gasteiger partial charge in [0.15, 0.2) is 0 Å². The molecule has 8 heteroatoms. The molecule has 6 nitrogen and oxygen atoms in total. The fraction of sp³-hybridized carbons (Fsp3) is 0.231. The van der Waals surface area contributed by atoms with Crippen molar-refractivity contribution in [3.63, 3.8) is 0 Å². The molecule has 0 fully saturated rings. The number of amides is 1. The highest BCUT2D eigenvalue weighted by molar-refractivity contribution is 5.92. The molecule has 0 saturated carbocycles. The molecule has 2 heterocycles. The van der Waals surface area contributed by atoms with Crippen LogP contribution in [0.15, 0.2) is 36.9 Å². The summed E-state index contributed by atoms with van der Waals surface area (Å²) in [5, 5.41) is 2.61. The predicted molar refractivity (Wildman–Crippen MR) is 68.9 cm³/mol. The van der Waals surface area contributed by atoms with Crippen LogP contribution in [-0.2, 0) is 6.54 Å². The van der Waals surface area contributed by atoms with Crippen LogP contribution in [0.2, 0.25) is 0 Å². The first-order chi connectivity index (χ1) is 10.1. The van der Waals surface area contributed by atoms with Crippen molar-refractivity contribution in [2.45, 2.75) is 13.0 Å². The second-order valence-electron chi connectivity index (χ2n) is 3.96. The van der Waals surface area contributed by atoms with Crippen LogP contribution in [0.5, 0.6) is 5.75 Å². The van der Waals surface area contributed by atoms with E-state index in [1.54, 1.807) is 12.3 Å². The van der Waals surface area contributed by atoms with Gasteiger partial charge in [0.05, 0.1) is 12.2 Å². The van der Waals surface area contributed by atoms with Gasteiger partial charge in [-0.3, -0.25) is 9.78 Å². The molecule has 1 N–H and O–H groups in total. The maximum absolute atomic E-state index is 12.1. The third-order valence-electron chi connectivity index (χ3n) is 2.41. The number of hydrogen-bond acceptors (Lipinski definition) is 5. The Labute approximate surface area is 119 Å². The number of hydrogen-bond donors (Lipinski definition) is 1. The van der Waals surface area contributed by atoms with Gasteiger partial charge in [-0.2, -0.15) is 0 Å². The fourth-order valence-electron chi connectivity index (χ4n) is 1.47. The molecule has 110 valence electrons. The minimum Gasteiger partial charge on any atom is -0.488 e. The first-order valence-corrected chi connectivity index (χ1v) is 6.05. The van der Waals surface area contributed by atoms with E-state index in [1.165, 1.54) is 24.7 Å². The van der Waals surface area contributed by atoms with E-state index in [9.17, 15) is 13.6 Å². The number of halogens is 2. The highest BCUT2D eigenvalue weighted by Gasteiger charge is 2.10. The fourth-order valence-corrected chi connectivity index (χ4v) is 1.47. The number of carbonyl (C=O) groups is 1. The normalized spacial score (nSPS) is 10.4. The van der Waals surface area contributed by atoms with Crippen LogP contribution in [0.3, 0.4) is 0 Å². The van der Waals surface area contributed by atoms with E-state index in [4.69, 9.17) is 4.74 Å². The SMILES string of the molecule is O=C(NCc1ccncn1)c1cc(OCC(F)F)ccn1. The van der Waals surface area contributed by atoms with E-state index >= 15 is 0 Å². The summed E-state index contributed by atoms with van der Waals surface area (Å²) in [6, 6.07) is 4.37. The lowest BCUT2D eigenvalue weighted by Gasteiger charge is -2.07. The molecule has 0 aliphatic rings. The van der Waals surface area contributed by atoms with Gasteiger partial charge in [-0.15, -0.1) is 0 Å². The monoisotopic (exact) mass is 294 g/mol. The molecule has 0 aliphatic heterocycles.